The Labute approximate surface area is 211 Å². The molecule has 2 heterocycles. The van der Waals surface area contributed by atoms with Gasteiger partial charge in [0.15, 0.2) is 0 Å². The van der Waals surface area contributed by atoms with Crippen molar-refractivity contribution >= 4 is 22.9 Å². The Balaban J connectivity index is 1.61. The molecule has 0 unspecified atom stereocenters. The van der Waals surface area contributed by atoms with Gasteiger partial charge in [-0.25, -0.2) is 4.79 Å². The van der Waals surface area contributed by atoms with E-state index in [1.807, 2.05) is 64.1 Å². The first-order valence-corrected chi connectivity index (χ1v) is 12.2. The third kappa shape index (κ3) is 6.24. The van der Waals surface area contributed by atoms with E-state index in [0.717, 1.165) is 24.1 Å². The van der Waals surface area contributed by atoms with E-state index in [-0.39, 0.29) is 24.4 Å². The molecule has 1 fully saturated rings. The number of piperidine rings is 1. The maximum atomic E-state index is 12.6. The smallest absolute Gasteiger partial charge is 0.410 e. The molecule has 2 amide bonds. The first-order valence-electron chi connectivity index (χ1n) is 12.2. The second-order valence-corrected chi connectivity index (χ2v) is 10.1. The third-order valence-corrected chi connectivity index (χ3v) is 5.83. The second-order valence-electron chi connectivity index (χ2n) is 10.1. The van der Waals surface area contributed by atoms with E-state index < -0.39 is 11.5 Å². The molecule has 1 atom stereocenters. The van der Waals surface area contributed by atoms with Gasteiger partial charge >= 0.3 is 6.09 Å². The highest BCUT2D eigenvalue weighted by Crippen LogP contribution is 2.34. The Morgan fingerprint density at radius 1 is 1.11 bits per heavy atom. The number of aryl methyl sites for hydroxylation is 1. The van der Waals surface area contributed by atoms with Crippen molar-refractivity contribution in [1.82, 2.24) is 9.88 Å². The first-order chi connectivity index (χ1) is 17.1. The zero-order chi connectivity index (χ0) is 25.9. The molecular formula is C28H33N3O5. The Morgan fingerprint density at radius 3 is 2.56 bits per heavy atom. The molecule has 3 aromatic rings. The minimum absolute atomic E-state index is 0.208. The monoisotopic (exact) mass is 491 g/mol. The average molecular weight is 492 g/mol. The number of hydrogen-bond acceptors (Lipinski definition) is 6. The van der Waals surface area contributed by atoms with Gasteiger partial charge in [-0.15, -0.1) is 0 Å². The highest BCUT2D eigenvalue weighted by molar-refractivity contribution is 6.01. The summed E-state index contributed by atoms with van der Waals surface area (Å²) < 4.78 is 18.0. The first kappa shape index (κ1) is 25.3. The number of primary amides is 1. The highest BCUT2D eigenvalue weighted by atomic mass is 16.6. The number of fused-ring (bicyclic) bond motifs is 1. The van der Waals surface area contributed by atoms with Gasteiger partial charge in [0.1, 0.15) is 29.8 Å². The van der Waals surface area contributed by atoms with Gasteiger partial charge in [-0.2, -0.15) is 0 Å². The van der Waals surface area contributed by atoms with Crippen molar-refractivity contribution in [2.24, 2.45) is 5.73 Å². The minimum Gasteiger partial charge on any atom is -0.488 e. The van der Waals surface area contributed by atoms with Gasteiger partial charge in [0.2, 0.25) is 0 Å². The van der Waals surface area contributed by atoms with Crippen LogP contribution in [-0.2, 0) is 11.3 Å². The van der Waals surface area contributed by atoms with E-state index in [9.17, 15) is 9.59 Å². The number of nitrogens with two attached hydrogens (primary N) is 1. The lowest BCUT2D eigenvalue weighted by molar-refractivity contribution is 0.00792. The van der Waals surface area contributed by atoms with Crippen molar-refractivity contribution in [1.29, 1.82) is 0 Å². The number of carbonyl (C=O) groups excluding carboxylic acids is 2. The Bertz CT molecular complexity index is 1250. The van der Waals surface area contributed by atoms with E-state index in [2.05, 4.69) is 4.98 Å². The highest BCUT2D eigenvalue weighted by Gasteiger charge is 2.29. The minimum atomic E-state index is -0.592. The molecule has 2 aromatic carbocycles. The number of aromatic nitrogens is 1. The third-order valence-electron chi connectivity index (χ3n) is 5.83. The number of likely N-dealkylation sites (tertiary alicyclic amines) is 1. The summed E-state index contributed by atoms with van der Waals surface area (Å²) in [5.41, 5.74) is 7.66. The van der Waals surface area contributed by atoms with Crippen molar-refractivity contribution in [3.63, 3.8) is 0 Å². The number of amides is 2. The lowest BCUT2D eigenvalue weighted by Gasteiger charge is -2.34. The summed E-state index contributed by atoms with van der Waals surface area (Å²) in [6.07, 6.45) is 1.07. The maximum absolute atomic E-state index is 12.6. The fourth-order valence-electron chi connectivity index (χ4n) is 4.20. The van der Waals surface area contributed by atoms with Crippen LogP contribution in [-0.4, -0.2) is 46.7 Å². The van der Waals surface area contributed by atoms with Crippen LogP contribution in [0.2, 0.25) is 0 Å². The number of rotatable bonds is 6. The van der Waals surface area contributed by atoms with Gasteiger partial charge in [0.05, 0.1) is 17.6 Å². The molecule has 2 N–H and O–H groups in total. The van der Waals surface area contributed by atoms with E-state index in [0.29, 0.717) is 35.5 Å². The van der Waals surface area contributed by atoms with Crippen molar-refractivity contribution in [2.45, 2.75) is 58.8 Å². The predicted molar refractivity (Wildman–Crippen MR) is 137 cm³/mol. The van der Waals surface area contributed by atoms with Crippen LogP contribution < -0.4 is 15.2 Å². The van der Waals surface area contributed by atoms with Gasteiger partial charge in [-0.05, 0) is 58.2 Å². The van der Waals surface area contributed by atoms with Crippen LogP contribution in [0.4, 0.5) is 4.79 Å². The largest absolute Gasteiger partial charge is 0.488 e. The summed E-state index contributed by atoms with van der Waals surface area (Å²) in [5, 5.41) is 0.711. The van der Waals surface area contributed by atoms with Crippen LogP contribution in [0.5, 0.6) is 11.5 Å². The Morgan fingerprint density at radius 2 is 1.86 bits per heavy atom. The van der Waals surface area contributed by atoms with Gasteiger partial charge in [0, 0.05) is 23.7 Å². The summed E-state index contributed by atoms with van der Waals surface area (Å²) in [5.74, 6) is 0.397. The molecule has 0 aliphatic carbocycles. The van der Waals surface area contributed by atoms with Gasteiger partial charge in [-0.3, -0.25) is 9.78 Å². The summed E-state index contributed by atoms with van der Waals surface area (Å²) in [6, 6.07) is 14.9. The molecule has 1 saturated heterocycles. The van der Waals surface area contributed by atoms with E-state index in [1.165, 1.54) is 0 Å². The molecule has 8 heteroatoms. The normalized spacial score (nSPS) is 16.0. The number of nitrogens with zero attached hydrogens (tertiary/aromatic N) is 2. The number of carbonyl (C=O) groups is 2. The zero-order valence-corrected chi connectivity index (χ0v) is 21.2. The van der Waals surface area contributed by atoms with Crippen LogP contribution in [0, 0.1) is 6.92 Å². The molecule has 1 aromatic heterocycles. The predicted octanol–water partition coefficient (Wildman–Crippen LogP) is 5.00. The van der Waals surface area contributed by atoms with Crippen molar-refractivity contribution in [2.75, 3.05) is 13.1 Å². The number of benzene rings is 2. The van der Waals surface area contributed by atoms with Gasteiger partial charge in [0.25, 0.3) is 5.91 Å². The molecule has 36 heavy (non-hydrogen) atoms. The molecule has 190 valence electrons. The summed E-state index contributed by atoms with van der Waals surface area (Å²) in [4.78, 5) is 31.1. The summed E-state index contributed by atoms with van der Waals surface area (Å²) in [6.45, 7) is 8.77. The molecule has 4 rings (SSSR count). The second kappa shape index (κ2) is 10.4. The van der Waals surface area contributed by atoms with Crippen LogP contribution in [0.3, 0.4) is 0 Å². The quantitative estimate of drug-likeness (QED) is 0.520. The SMILES string of the molecule is Cc1cc(O[C@@H]2CCCN(C(=O)OC(C)(C)C)C2)c2cc(OCc3ccccc3)c(C(N)=O)cc2n1. The fraction of sp³-hybridized carbons (Fsp3) is 0.393. The molecule has 1 aliphatic rings. The van der Waals surface area contributed by atoms with E-state index >= 15 is 0 Å². The van der Waals surface area contributed by atoms with Crippen molar-refractivity contribution < 1.29 is 23.8 Å². The summed E-state index contributed by atoms with van der Waals surface area (Å²) in [7, 11) is 0. The molecular weight excluding hydrogens is 458 g/mol. The van der Waals surface area contributed by atoms with Crippen LogP contribution >= 0.6 is 0 Å². The zero-order valence-electron chi connectivity index (χ0n) is 21.2. The molecule has 0 radical (unpaired) electrons. The van der Waals surface area contributed by atoms with Crippen LogP contribution in [0.25, 0.3) is 10.9 Å². The topological polar surface area (TPSA) is 104 Å². The molecule has 1 aliphatic heterocycles. The summed E-state index contributed by atoms with van der Waals surface area (Å²) >= 11 is 0. The van der Waals surface area contributed by atoms with Crippen molar-refractivity contribution in [3.05, 3.63) is 65.4 Å². The van der Waals surface area contributed by atoms with Gasteiger partial charge in [-0.1, -0.05) is 30.3 Å². The standard InChI is InChI=1S/C28H33N3O5/c1-18-13-25(35-20-11-8-12-31(16-20)27(33)36-28(2,3)4)21-15-24(22(26(29)32)14-23(21)30-18)34-17-19-9-6-5-7-10-19/h5-7,9-10,13-15,20H,8,11-12,16-17H2,1-4H3,(H2,29,32)/t20-/m1/s1. The van der Waals surface area contributed by atoms with E-state index in [4.69, 9.17) is 19.9 Å². The van der Waals surface area contributed by atoms with E-state index in [1.54, 1.807) is 17.0 Å². The molecule has 0 bridgehead atoms. The molecule has 0 saturated carbocycles. The fourth-order valence-corrected chi connectivity index (χ4v) is 4.20. The molecule has 8 nitrogen and oxygen atoms in total. The molecule has 0 spiro atoms. The van der Waals surface area contributed by atoms with Crippen molar-refractivity contribution in [3.8, 4) is 11.5 Å². The Hall–Kier alpha value is -3.81. The maximum Gasteiger partial charge on any atom is 0.410 e. The number of hydrogen-bond donors (Lipinski definition) is 1. The van der Waals surface area contributed by atoms with Crippen LogP contribution in [0.15, 0.2) is 48.5 Å². The average Bonchev–Trinajstić information content (AvgIpc) is 2.82. The lowest BCUT2D eigenvalue weighted by atomic mass is 10.1. The van der Waals surface area contributed by atoms with Gasteiger partial charge < -0.3 is 24.8 Å². The van der Waals surface area contributed by atoms with Crippen LogP contribution in [0.1, 0.15) is 55.2 Å². The number of pyridine rings is 1. The lowest BCUT2D eigenvalue weighted by Crippen LogP contribution is -2.46. The Kier molecular flexibility index (Phi) is 7.33. The number of ether oxygens (including phenoxy) is 3.